The molecule has 0 aliphatic carbocycles. The van der Waals surface area contributed by atoms with Crippen LogP contribution in [-0.4, -0.2) is 21.6 Å². The lowest BCUT2D eigenvalue weighted by Gasteiger charge is -2.08. The predicted octanol–water partition coefficient (Wildman–Crippen LogP) is 3.47. The Bertz CT molecular complexity index is 1020. The van der Waals surface area contributed by atoms with Gasteiger partial charge in [-0.1, -0.05) is 25.5 Å². The SMILES string of the molecule is CCCCOc1ccc(CNC(=O)c2cc3c(=O)n(CC)ccc3n2C)cc1. The molecule has 0 aliphatic rings. The molecular formula is C22H27N3O3. The van der Waals surface area contributed by atoms with Gasteiger partial charge < -0.3 is 19.2 Å². The maximum Gasteiger partial charge on any atom is 0.268 e. The number of aromatic nitrogens is 2. The van der Waals surface area contributed by atoms with Crippen LogP contribution in [0.15, 0.2) is 47.4 Å². The summed E-state index contributed by atoms with van der Waals surface area (Å²) < 4.78 is 9.05. The number of aryl methyl sites for hydroxylation is 2. The van der Waals surface area contributed by atoms with Crippen molar-refractivity contribution in [3.05, 3.63) is 64.2 Å². The van der Waals surface area contributed by atoms with Crippen LogP contribution in [0, 0.1) is 0 Å². The fourth-order valence-electron chi connectivity index (χ4n) is 3.15. The molecule has 148 valence electrons. The molecule has 0 atom stereocenters. The fourth-order valence-corrected chi connectivity index (χ4v) is 3.15. The van der Waals surface area contributed by atoms with Crippen LogP contribution in [0.1, 0.15) is 42.7 Å². The van der Waals surface area contributed by atoms with Crippen molar-refractivity contribution in [3.8, 4) is 5.75 Å². The van der Waals surface area contributed by atoms with Gasteiger partial charge in [-0.05, 0) is 43.2 Å². The molecule has 0 saturated carbocycles. The molecule has 0 bridgehead atoms. The van der Waals surface area contributed by atoms with Gasteiger partial charge in [0, 0.05) is 26.3 Å². The summed E-state index contributed by atoms with van der Waals surface area (Å²) in [6.45, 7) is 5.78. The number of benzene rings is 1. The van der Waals surface area contributed by atoms with E-state index >= 15 is 0 Å². The molecule has 0 fully saturated rings. The average molecular weight is 381 g/mol. The van der Waals surface area contributed by atoms with Gasteiger partial charge in [-0.15, -0.1) is 0 Å². The highest BCUT2D eigenvalue weighted by molar-refractivity contribution is 5.98. The summed E-state index contributed by atoms with van der Waals surface area (Å²) in [6.07, 6.45) is 3.90. The number of nitrogens with one attached hydrogen (secondary N) is 1. The molecule has 0 saturated heterocycles. The third-order valence-electron chi connectivity index (χ3n) is 4.90. The van der Waals surface area contributed by atoms with Crippen molar-refractivity contribution < 1.29 is 9.53 Å². The normalized spacial score (nSPS) is 11.0. The lowest BCUT2D eigenvalue weighted by Crippen LogP contribution is -2.24. The zero-order chi connectivity index (χ0) is 20.1. The first-order valence-corrected chi connectivity index (χ1v) is 9.74. The monoisotopic (exact) mass is 381 g/mol. The highest BCUT2D eigenvalue weighted by Gasteiger charge is 2.15. The molecule has 3 rings (SSSR count). The van der Waals surface area contributed by atoms with Gasteiger partial charge in [0.1, 0.15) is 11.4 Å². The van der Waals surface area contributed by atoms with Crippen molar-refractivity contribution in [3.63, 3.8) is 0 Å². The van der Waals surface area contributed by atoms with Crippen molar-refractivity contribution in [2.45, 2.75) is 39.8 Å². The lowest BCUT2D eigenvalue weighted by molar-refractivity contribution is 0.0943. The maximum absolute atomic E-state index is 12.7. The van der Waals surface area contributed by atoms with Crippen LogP contribution in [0.2, 0.25) is 0 Å². The van der Waals surface area contributed by atoms with Crippen molar-refractivity contribution >= 4 is 16.8 Å². The van der Waals surface area contributed by atoms with E-state index in [0.29, 0.717) is 30.8 Å². The topological polar surface area (TPSA) is 65.3 Å². The van der Waals surface area contributed by atoms with Gasteiger partial charge in [0.25, 0.3) is 11.5 Å². The molecule has 3 aromatic rings. The van der Waals surface area contributed by atoms with Gasteiger partial charge in [0.05, 0.1) is 17.5 Å². The largest absolute Gasteiger partial charge is 0.494 e. The summed E-state index contributed by atoms with van der Waals surface area (Å²) in [5, 5.41) is 3.49. The van der Waals surface area contributed by atoms with E-state index in [-0.39, 0.29) is 11.5 Å². The number of pyridine rings is 1. The van der Waals surface area contributed by atoms with E-state index in [2.05, 4.69) is 12.2 Å². The van der Waals surface area contributed by atoms with Crippen molar-refractivity contribution in [2.75, 3.05) is 6.61 Å². The minimum Gasteiger partial charge on any atom is -0.494 e. The second-order valence-corrected chi connectivity index (χ2v) is 6.82. The van der Waals surface area contributed by atoms with Crippen LogP contribution in [0.5, 0.6) is 5.75 Å². The van der Waals surface area contributed by atoms with Crippen LogP contribution >= 0.6 is 0 Å². The fraction of sp³-hybridized carbons (Fsp3) is 0.364. The quantitative estimate of drug-likeness (QED) is 0.608. The Kier molecular flexibility index (Phi) is 6.19. The molecule has 6 nitrogen and oxygen atoms in total. The first-order chi connectivity index (χ1) is 13.5. The molecule has 2 heterocycles. The summed E-state index contributed by atoms with van der Waals surface area (Å²) in [5.74, 6) is 0.633. The highest BCUT2D eigenvalue weighted by atomic mass is 16.5. The lowest BCUT2D eigenvalue weighted by atomic mass is 10.2. The molecule has 1 aromatic carbocycles. The molecule has 0 aliphatic heterocycles. The standard InChI is InChI=1S/C22H27N3O3/c1-4-6-13-28-17-9-7-16(8-10-17)15-23-21(26)20-14-18-19(24(20)3)11-12-25(5-2)22(18)27/h7-12,14H,4-6,13,15H2,1-3H3,(H,23,26). The van der Waals surface area contributed by atoms with Gasteiger partial charge in [-0.25, -0.2) is 0 Å². The second kappa shape index (κ2) is 8.78. The number of carbonyl (C=O) groups excluding carboxylic acids is 1. The van der Waals surface area contributed by atoms with E-state index in [4.69, 9.17) is 4.74 Å². The van der Waals surface area contributed by atoms with Gasteiger partial charge in [-0.2, -0.15) is 0 Å². The van der Waals surface area contributed by atoms with Crippen molar-refractivity contribution in [1.82, 2.24) is 14.5 Å². The number of nitrogens with zero attached hydrogens (tertiary/aromatic N) is 2. The second-order valence-electron chi connectivity index (χ2n) is 6.82. The minimum atomic E-state index is -0.204. The van der Waals surface area contributed by atoms with E-state index in [1.54, 1.807) is 28.4 Å². The molecule has 1 amide bonds. The summed E-state index contributed by atoms with van der Waals surface area (Å²) in [5.41, 5.74) is 2.14. The molecule has 6 heteroatoms. The van der Waals surface area contributed by atoms with Gasteiger partial charge in [0.2, 0.25) is 0 Å². The van der Waals surface area contributed by atoms with Crippen molar-refractivity contribution in [1.29, 1.82) is 0 Å². The number of carbonyl (C=O) groups is 1. The molecule has 0 unspecified atom stereocenters. The minimum absolute atomic E-state index is 0.0756. The van der Waals surface area contributed by atoms with Gasteiger partial charge in [0.15, 0.2) is 0 Å². The number of ether oxygens (including phenoxy) is 1. The average Bonchev–Trinajstić information content (AvgIpc) is 3.05. The molecule has 28 heavy (non-hydrogen) atoms. The Balaban J connectivity index is 1.69. The number of hydrogen-bond donors (Lipinski definition) is 1. The Morgan fingerprint density at radius 2 is 1.89 bits per heavy atom. The molecular weight excluding hydrogens is 354 g/mol. The van der Waals surface area contributed by atoms with Crippen LogP contribution in [-0.2, 0) is 20.1 Å². The maximum atomic E-state index is 12.7. The number of fused-ring (bicyclic) bond motifs is 1. The van der Waals surface area contributed by atoms with Gasteiger partial charge in [-0.3, -0.25) is 9.59 Å². The van der Waals surface area contributed by atoms with E-state index < -0.39 is 0 Å². The molecule has 0 spiro atoms. The molecule has 0 radical (unpaired) electrons. The van der Waals surface area contributed by atoms with Crippen LogP contribution in [0.4, 0.5) is 0 Å². The van der Waals surface area contributed by atoms with Gasteiger partial charge >= 0.3 is 0 Å². The van der Waals surface area contributed by atoms with E-state index in [1.807, 2.05) is 37.3 Å². The Morgan fingerprint density at radius 1 is 1.14 bits per heavy atom. The smallest absolute Gasteiger partial charge is 0.268 e. The summed E-state index contributed by atoms with van der Waals surface area (Å²) in [6, 6.07) is 11.3. The van der Waals surface area contributed by atoms with E-state index in [1.165, 1.54) is 0 Å². The summed E-state index contributed by atoms with van der Waals surface area (Å²) in [4.78, 5) is 25.1. The Hall–Kier alpha value is -3.02. The van der Waals surface area contributed by atoms with E-state index in [9.17, 15) is 9.59 Å². The number of unbranched alkanes of at least 4 members (excludes halogenated alkanes) is 1. The van der Waals surface area contributed by atoms with Crippen LogP contribution < -0.4 is 15.6 Å². The third-order valence-corrected chi connectivity index (χ3v) is 4.90. The first kappa shape index (κ1) is 19.7. The summed E-state index contributed by atoms with van der Waals surface area (Å²) in [7, 11) is 1.80. The Morgan fingerprint density at radius 3 is 2.57 bits per heavy atom. The summed E-state index contributed by atoms with van der Waals surface area (Å²) >= 11 is 0. The highest BCUT2D eigenvalue weighted by Crippen LogP contribution is 2.16. The number of hydrogen-bond acceptors (Lipinski definition) is 3. The van der Waals surface area contributed by atoms with Crippen molar-refractivity contribution in [2.24, 2.45) is 7.05 Å². The predicted molar refractivity (Wildman–Crippen MR) is 111 cm³/mol. The van der Waals surface area contributed by atoms with Crippen LogP contribution in [0.3, 0.4) is 0 Å². The first-order valence-electron chi connectivity index (χ1n) is 9.74. The number of rotatable bonds is 8. The van der Waals surface area contributed by atoms with E-state index in [0.717, 1.165) is 29.7 Å². The zero-order valence-corrected chi connectivity index (χ0v) is 16.7. The third kappa shape index (κ3) is 4.11. The van der Waals surface area contributed by atoms with Crippen LogP contribution in [0.25, 0.3) is 10.9 Å². The zero-order valence-electron chi connectivity index (χ0n) is 16.7. The molecule has 1 N–H and O–H groups in total. The number of amides is 1. The Labute approximate surface area is 164 Å². The molecule has 2 aromatic heterocycles.